The number of alkyl halides is 4. The third-order valence-electron chi connectivity index (χ3n) is 19.2. The molecule has 0 radical (unpaired) electrons. The first-order valence-corrected chi connectivity index (χ1v) is 47.4. The molecule has 2 saturated heterocycles. The van der Waals surface area contributed by atoms with Gasteiger partial charge in [0.05, 0.1) is 115 Å². The smallest absolute Gasteiger partial charge is 1.00 e. The van der Waals surface area contributed by atoms with E-state index in [0.717, 1.165) is 118 Å². The van der Waals surface area contributed by atoms with Crippen LogP contribution in [-0.2, 0) is 75.7 Å². The molecule has 0 atom stereocenters. The van der Waals surface area contributed by atoms with Gasteiger partial charge in [0.1, 0.15) is 47.3 Å². The SMILES string of the molecule is CCn1c(-c2ccc(N)cc2)c(C#N)c2ccc(OC)cc21.CCn1c(-c2ccc(N3CCN(C)S3(=O)=O)cc2)c(C#N)c2ccc(OC)cc21.CCn1c(-c2ccc(N3CCNS3(=O)=O)cc2)c(C#N)c2ccc(OC)cc21.CCn1c(-c2ccc(NS(=O)(=O)NCCCl)cc2)c(C#N)c2ccc(OC)cc21.CI.O=CO[O-].O=S(=O)(Cl)NCCCl.[2H]CF.[H-].[K+].[K+]. The summed E-state index contributed by atoms with van der Waals surface area (Å²) in [5, 5.41) is 51.1. The molecule has 6 N–H and O–H groups in total. The Bertz CT molecular complexity index is 6410. The van der Waals surface area contributed by atoms with Gasteiger partial charge in [0.15, 0.2) is 0 Å². The summed E-state index contributed by atoms with van der Waals surface area (Å²) in [6.45, 7) is 12.8. The van der Waals surface area contributed by atoms with Gasteiger partial charge < -0.3 is 54.5 Å². The van der Waals surface area contributed by atoms with Gasteiger partial charge in [-0.15, -0.1) is 23.2 Å². The number of nitrogens with zero attached hydrogens (tertiary/aromatic N) is 11. The van der Waals surface area contributed by atoms with Gasteiger partial charge in [-0.2, -0.15) is 68.5 Å². The Hall–Kier alpha value is -7.85. The Kier molecular flexibility index (Phi) is 43.7. The van der Waals surface area contributed by atoms with Crippen molar-refractivity contribution in [2.24, 2.45) is 0 Å². The number of hydrogen-bond donors (Lipinski definition) is 5. The second kappa shape index (κ2) is 51.5. The van der Waals surface area contributed by atoms with E-state index < -0.39 is 47.0 Å². The molecule has 31 nitrogen and oxygen atoms in total. The van der Waals surface area contributed by atoms with Crippen molar-refractivity contribution < 1.29 is 178 Å². The number of nitrogens with two attached hydrogens (primary N) is 1. The molecule has 660 valence electrons. The number of nitrogen functional groups attached to an aromatic ring is 1. The summed E-state index contributed by atoms with van der Waals surface area (Å²) >= 11 is 12.8. The van der Waals surface area contributed by atoms with Gasteiger partial charge in [-0.25, -0.2) is 4.72 Å². The van der Waals surface area contributed by atoms with E-state index in [1.807, 2.05) is 152 Å². The summed E-state index contributed by atoms with van der Waals surface area (Å²) < 4.78 is 151. The number of carbonyl (C=O) groups is 1. The summed E-state index contributed by atoms with van der Waals surface area (Å²) in [7, 11) is -2.36. The maximum absolute atomic E-state index is 12.4. The average Bonchev–Trinajstić information content (AvgIpc) is 1.60. The number of ether oxygens (including phenoxy) is 4. The quantitative estimate of drug-likeness (QED) is 0.00591. The van der Waals surface area contributed by atoms with Gasteiger partial charge in [-0.3, -0.25) is 22.5 Å². The van der Waals surface area contributed by atoms with Crippen molar-refractivity contribution in [1.29, 1.82) is 21.0 Å². The van der Waals surface area contributed by atoms with E-state index in [0.29, 0.717) is 90.8 Å². The Balaban J connectivity index is 0.000000335. The number of nitrogens with one attached hydrogen (secondary N) is 4. The number of aryl methyl sites for hydroxylation is 4. The monoisotopic (exact) mass is 2020 g/mol. The van der Waals surface area contributed by atoms with Gasteiger partial charge in [-0.1, -0.05) is 71.1 Å². The second-order valence-electron chi connectivity index (χ2n) is 25.9. The van der Waals surface area contributed by atoms with E-state index in [4.69, 9.17) is 70.0 Å². The Morgan fingerprint density at radius 1 is 0.540 bits per heavy atom. The van der Waals surface area contributed by atoms with Crippen molar-refractivity contribution in [2.75, 3.05) is 118 Å². The summed E-state index contributed by atoms with van der Waals surface area (Å²) in [4.78, 5) is 13.2. The Labute approximate surface area is 849 Å². The van der Waals surface area contributed by atoms with Gasteiger partial charge in [0.2, 0.25) is 0 Å². The van der Waals surface area contributed by atoms with Crippen LogP contribution in [-0.4, -0.2) is 161 Å². The topological polar surface area (TPSA) is 422 Å². The molecule has 4 aromatic heterocycles. The molecule has 0 amide bonds. The molecule has 2 fully saturated rings. The van der Waals surface area contributed by atoms with Crippen LogP contribution in [0.4, 0.5) is 27.1 Å². The van der Waals surface area contributed by atoms with Crippen LogP contribution in [0.3, 0.4) is 0 Å². The first kappa shape index (κ1) is 107. The minimum Gasteiger partial charge on any atom is -1.00 e. The molecule has 12 aromatic rings. The summed E-state index contributed by atoms with van der Waals surface area (Å²) in [5.41, 5.74) is 21.3. The zero-order valence-corrected chi connectivity index (χ0v) is 85.0. The fraction of sp³-hybridized carbons (Fsp3) is 0.274. The third kappa shape index (κ3) is 26.3. The summed E-state index contributed by atoms with van der Waals surface area (Å²) in [6, 6.07) is 61.3. The predicted octanol–water partition coefficient (Wildman–Crippen LogP) is 8.04. The van der Waals surface area contributed by atoms with Crippen LogP contribution in [0.2, 0.25) is 0 Å². The van der Waals surface area contributed by atoms with Crippen LogP contribution in [0.1, 0.15) is 52.7 Å². The number of nitriles is 4. The van der Waals surface area contributed by atoms with Crippen molar-refractivity contribution in [1.82, 2.24) is 36.7 Å². The van der Waals surface area contributed by atoms with Gasteiger partial charge in [0.25, 0.3) is 25.9 Å². The normalized spacial score (nSPS) is 12.8. The zero-order valence-electron chi connectivity index (χ0n) is 73.1. The first-order valence-electron chi connectivity index (χ1n) is 38.3. The number of benzene rings is 8. The molecule has 2 aliphatic rings. The van der Waals surface area contributed by atoms with Crippen LogP contribution >= 0.6 is 56.5 Å². The maximum atomic E-state index is 12.4. The molecular weight excluding hydrogens is 1930 g/mol. The van der Waals surface area contributed by atoms with Crippen molar-refractivity contribution in [2.45, 2.75) is 53.9 Å². The third-order valence-corrected chi connectivity index (χ3v) is 25.0. The fourth-order valence-electron chi connectivity index (χ4n) is 13.9. The molecule has 2 aliphatic heterocycles. The first-order chi connectivity index (χ1) is 59.9. The van der Waals surface area contributed by atoms with Crippen molar-refractivity contribution in [3.05, 3.63) is 192 Å². The number of halogens is 5. The molecule has 14 rings (SSSR count). The number of methoxy groups -OCH3 is 4. The minimum atomic E-state index is -3.68. The van der Waals surface area contributed by atoms with E-state index >= 15 is 0 Å². The Morgan fingerprint density at radius 2 is 0.841 bits per heavy atom. The molecule has 6 heterocycles. The van der Waals surface area contributed by atoms with Crippen LogP contribution in [0.25, 0.3) is 88.6 Å². The van der Waals surface area contributed by atoms with E-state index in [1.165, 1.54) is 12.9 Å². The summed E-state index contributed by atoms with van der Waals surface area (Å²) in [5.74, 6) is 3.38. The number of fused-ring (bicyclic) bond motifs is 4. The standard InChI is InChI=1S/C21H22N4O3S.C20H21ClN4O3S.C20H20N4O3S.C18H17N3O.C2H5Cl2NO2S.CH3F.CH3I.CH2O3.2K.H/c1-4-24-20-13-17(28-3)9-10-18(20)19(14-22)21(24)15-5-7-16(8-6-15)25-12-11-23(2)29(25,26)27;1-3-25-19-12-16(28-2)8-9-17(19)18(13-22)20(25)14-4-6-15(7-5-14)24-29(26,27)23-11-10-21;1-3-23-19-12-16(27-2)8-9-17(19)18(13-21)20(23)14-4-6-15(7-5-14)24-11-10-22-28(24,25)26;1-3-21-17-10-14(22-2)8-9-15(17)16(11-19)18(21)12-4-6-13(20)7-5-12;3-1-2-5-8(4,6)7;2*1-2;2-1-4-3;;;/h5-10,13H,4,11-12H2,1-3H3;4-9,12,23-24H,3,10-11H2,1-2H3;4-9,12,22H,3,10-11H2,1-2H3;4-10H,3,20H2,1-2H3;5H,1-2H2;2*1H3;1,3H;;;/q;;;;;;;;2*+1;-1/p-1/i;;;;;1D;;;;;. The Morgan fingerprint density at radius 3 is 1.09 bits per heavy atom. The van der Waals surface area contributed by atoms with Gasteiger partial charge >= 0.3 is 123 Å². The number of carbonyl (C=O) groups excluding carboxylic acids is 1. The number of hydrogen-bond acceptors (Lipinski definition) is 20. The fourth-order valence-corrected chi connectivity index (χ4v) is 18.3. The van der Waals surface area contributed by atoms with Crippen LogP contribution in [0.15, 0.2) is 170 Å². The number of aromatic nitrogens is 4. The number of rotatable bonds is 23. The van der Waals surface area contributed by atoms with Crippen LogP contribution in [0.5, 0.6) is 23.0 Å². The number of likely N-dealkylation sites (N-methyl/N-ethyl adjacent to an activating group) is 1. The molecule has 8 aromatic carbocycles. The van der Waals surface area contributed by atoms with Crippen molar-refractivity contribution >= 4 is 169 Å². The molecule has 0 unspecified atom stereocenters. The van der Waals surface area contributed by atoms with Crippen molar-refractivity contribution in [3.63, 3.8) is 0 Å². The van der Waals surface area contributed by atoms with Crippen LogP contribution in [0, 0.1) is 45.3 Å². The summed E-state index contributed by atoms with van der Waals surface area (Å²) in [6.07, 6.45) is 0. The molecule has 0 bridgehead atoms. The van der Waals surface area contributed by atoms with E-state index in [-0.39, 0.29) is 136 Å². The maximum Gasteiger partial charge on any atom is 1.00 e. The van der Waals surface area contributed by atoms with E-state index in [1.54, 1.807) is 84.0 Å². The van der Waals surface area contributed by atoms with Crippen LogP contribution < -0.4 is 160 Å². The van der Waals surface area contributed by atoms with Crippen molar-refractivity contribution in [3.8, 4) is 92.3 Å². The molecule has 0 saturated carbocycles. The predicted molar refractivity (Wildman–Crippen MR) is 495 cm³/mol. The van der Waals surface area contributed by atoms with Gasteiger partial charge in [-0.05, 0) is 152 Å². The van der Waals surface area contributed by atoms with E-state index in [2.05, 4.69) is 91.1 Å². The molecular formula is C84H93Cl3FIK2N16O15S4. The zero-order chi connectivity index (χ0) is 92.1. The second-order valence-corrected chi connectivity index (χ2v) is 34.2. The van der Waals surface area contributed by atoms with Gasteiger partial charge in [0, 0.05) is 152 Å². The largest absolute Gasteiger partial charge is 1.00 e. The minimum absolute atomic E-state index is 0. The molecule has 0 aliphatic carbocycles. The van der Waals surface area contributed by atoms with E-state index in [9.17, 15) is 59.1 Å². The average molecular weight is 2030 g/mol. The molecule has 126 heavy (non-hydrogen) atoms. The molecule has 42 heteroatoms. The molecule has 0 spiro atoms. The number of anilines is 4.